The second-order valence-corrected chi connectivity index (χ2v) is 2.82. The van der Waals surface area contributed by atoms with E-state index in [0.717, 1.165) is 11.4 Å². The maximum absolute atomic E-state index is 9.45. The van der Waals surface area contributed by atoms with E-state index in [-0.39, 0.29) is 5.75 Å². The Bertz CT molecular complexity index is 271. The first kappa shape index (κ1) is 8.71. The molecular weight excluding hydrogens is 152 g/mol. The van der Waals surface area contributed by atoms with Gasteiger partial charge in [0, 0.05) is 21.1 Å². The standard InChI is InChI=1S/C9H14N2O/c1-10-9-7(11(2)3)5-4-6-8(9)12/h4-6,10,12H,1-3H3. The molecule has 0 heterocycles. The van der Waals surface area contributed by atoms with Crippen LogP contribution < -0.4 is 10.2 Å². The molecule has 3 nitrogen and oxygen atoms in total. The largest absolute Gasteiger partial charge is 0.506 e. The zero-order valence-electron chi connectivity index (χ0n) is 7.63. The van der Waals surface area contributed by atoms with E-state index >= 15 is 0 Å². The second-order valence-electron chi connectivity index (χ2n) is 2.82. The van der Waals surface area contributed by atoms with E-state index in [0.29, 0.717) is 0 Å². The van der Waals surface area contributed by atoms with Crippen LogP contribution in [0.4, 0.5) is 11.4 Å². The number of benzene rings is 1. The lowest BCUT2D eigenvalue weighted by atomic mass is 10.2. The molecule has 0 fully saturated rings. The number of nitrogens with zero attached hydrogens (tertiary/aromatic N) is 1. The van der Waals surface area contributed by atoms with Gasteiger partial charge in [-0.15, -0.1) is 0 Å². The summed E-state index contributed by atoms with van der Waals surface area (Å²) in [5, 5.41) is 12.4. The van der Waals surface area contributed by atoms with E-state index in [9.17, 15) is 5.11 Å². The van der Waals surface area contributed by atoms with Gasteiger partial charge in [0.1, 0.15) is 5.75 Å². The molecule has 0 unspecified atom stereocenters. The third kappa shape index (κ3) is 1.44. The molecule has 1 aromatic carbocycles. The number of nitrogens with one attached hydrogen (secondary N) is 1. The molecule has 66 valence electrons. The first-order chi connectivity index (χ1) is 5.66. The van der Waals surface area contributed by atoms with Gasteiger partial charge in [-0.25, -0.2) is 0 Å². The van der Waals surface area contributed by atoms with Gasteiger partial charge >= 0.3 is 0 Å². The molecule has 0 aliphatic carbocycles. The van der Waals surface area contributed by atoms with Crippen molar-refractivity contribution in [1.82, 2.24) is 0 Å². The van der Waals surface area contributed by atoms with E-state index < -0.39 is 0 Å². The zero-order valence-corrected chi connectivity index (χ0v) is 7.63. The maximum Gasteiger partial charge on any atom is 0.140 e. The molecule has 0 saturated heterocycles. The van der Waals surface area contributed by atoms with Gasteiger partial charge in [0.05, 0.1) is 11.4 Å². The van der Waals surface area contributed by atoms with Crippen LogP contribution >= 0.6 is 0 Å². The highest BCUT2D eigenvalue weighted by atomic mass is 16.3. The van der Waals surface area contributed by atoms with Crippen molar-refractivity contribution in [2.45, 2.75) is 0 Å². The van der Waals surface area contributed by atoms with Crippen LogP contribution in [0.25, 0.3) is 0 Å². The van der Waals surface area contributed by atoms with Crippen LogP contribution in [0.3, 0.4) is 0 Å². The number of rotatable bonds is 2. The third-order valence-electron chi connectivity index (χ3n) is 1.75. The molecule has 1 rings (SSSR count). The Morgan fingerprint density at radius 1 is 1.33 bits per heavy atom. The number of hydrogen-bond acceptors (Lipinski definition) is 3. The first-order valence-electron chi connectivity index (χ1n) is 3.84. The SMILES string of the molecule is CNc1c(O)cccc1N(C)C. The van der Waals surface area contributed by atoms with E-state index in [1.807, 2.05) is 31.1 Å². The summed E-state index contributed by atoms with van der Waals surface area (Å²) in [5.41, 5.74) is 1.75. The van der Waals surface area contributed by atoms with Crippen LogP contribution in [-0.2, 0) is 0 Å². The summed E-state index contributed by atoms with van der Waals surface area (Å²) in [6.07, 6.45) is 0. The summed E-state index contributed by atoms with van der Waals surface area (Å²) in [7, 11) is 5.67. The van der Waals surface area contributed by atoms with Gasteiger partial charge in [0.15, 0.2) is 0 Å². The molecule has 0 spiro atoms. The number of phenolic OH excluding ortho intramolecular Hbond substituents is 1. The van der Waals surface area contributed by atoms with Crippen molar-refractivity contribution >= 4 is 11.4 Å². The van der Waals surface area contributed by atoms with Crippen molar-refractivity contribution in [3.8, 4) is 5.75 Å². The Balaban J connectivity index is 3.18. The summed E-state index contributed by atoms with van der Waals surface area (Å²) >= 11 is 0. The molecule has 0 aliphatic rings. The zero-order chi connectivity index (χ0) is 9.14. The highest BCUT2D eigenvalue weighted by molar-refractivity contribution is 5.75. The van der Waals surface area contributed by atoms with Crippen LogP contribution in [0, 0.1) is 0 Å². The monoisotopic (exact) mass is 166 g/mol. The summed E-state index contributed by atoms with van der Waals surface area (Å²) in [6, 6.07) is 5.44. The third-order valence-corrected chi connectivity index (χ3v) is 1.75. The fraction of sp³-hybridized carbons (Fsp3) is 0.333. The van der Waals surface area contributed by atoms with Gasteiger partial charge in [-0.1, -0.05) is 6.07 Å². The van der Waals surface area contributed by atoms with Crippen LogP contribution in [-0.4, -0.2) is 26.2 Å². The number of para-hydroxylation sites is 1. The van der Waals surface area contributed by atoms with E-state index in [1.54, 1.807) is 13.1 Å². The molecule has 0 aromatic heterocycles. The predicted octanol–water partition coefficient (Wildman–Crippen LogP) is 1.50. The van der Waals surface area contributed by atoms with Crippen molar-refractivity contribution in [2.75, 3.05) is 31.4 Å². The van der Waals surface area contributed by atoms with Crippen molar-refractivity contribution in [2.24, 2.45) is 0 Å². The Morgan fingerprint density at radius 2 is 2.00 bits per heavy atom. The Morgan fingerprint density at radius 3 is 2.42 bits per heavy atom. The molecule has 1 aromatic rings. The van der Waals surface area contributed by atoms with Gasteiger partial charge in [0.2, 0.25) is 0 Å². The Kier molecular flexibility index (Phi) is 2.43. The van der Waals surface area contributed by atoms with E-state index in [2.05, 4.69) is 5.32 Å². The van der Waals surface area contributed by atoms with Gasteiger partial charge in [-0.3, -0.25) is 0 Å². The average Bonchev–Trinajstić information content (AvgIpc) is 2.03. The van der Waals surface area contributed by atoms with Gasteiger partial charge in [-0.2, -0.15) is 0 Å². The molecule has 0 aliphatic heterocycles. The fourth-order valence-corrected chi connectivity index (χ4v) is 1.16. The van der Waals surface area contributed by atoms with Crippen molar-refractivity contribution in [1.29, 1.82) is 0 Å². The van der Waals surface area contributed by atoms with Crippen molar-refractivity contribution in [3.63, 3.8) is 0 Å². The van der Waals surface area contributed by atoms with Crippen LogP contribution in [0.2, 0.25) is 0 Å². The molecule has 0 radical (unpaired) electrons. The Labute approximate surface area is 72.6 Å². The predicted molar refractivity (Wildman–Crippen MR) is 52.0 cm³/mol. The number of hydrogen-bond donors (Lipinski definition) is 2. The topological polar surface area (TPSA) is 35.5 Å². The molecular formula is C9H14N2O. The van der Waals surface area contributed by atoms with Crippen LogP contribution in [0.1, 0.15) is 0 Å². The minimum Gasteiger partial charge on any atom is -0.506 e. The molecule has 0 saturated carbocycles. The lowest BCUT2D eigenvalue weighted by Gasteiger charge is -2.17. The van der Waals surface area contributed by atoms with E-state index in [4.69, 9.17) is 0 Å². The molecule has 0 amide bonds. The molecule has 3 heteroatoms. The normalized spacial score (nSPS) is 9.58. The average molecular weight is 166 g/mol. The number of aromatic hydroxyl groups is 1. The quantitative estimate of drug-likeness (QED) is 0.653. The maximum atomic E-state index is 9.45. The van der Waals surface area contributed by atoms with E-state index in [1.165, 1.54) is 0 Å². The summed E-state index contributed by atoms with van der Waals surface area (Å²) < 4.78 is 0. The highest BCUT2D eigenvalue weighted by Crippen LogP contribution is 2.32. The molecule has 0 atom stereocenters. The summed E-state index contributed by atoms with van der Waals surface area (Å²) in [4.78, 5) is 1.95. The minimum atomic E-state index is 0.281. The van der Waals surface area contributed by atoms with Crippen molar-refractivity contribution < 1.29 is 5.11 Å². The van der Waals surface area contributed by atoms with Gasteiger partial charge in [0.25, 0.3) is 0 Å². The highest BCUT2D eigenvalue weighted by Gasteiger charge is 2.05. The molecule has 2 N–H and O–H groups in total. The lowest BCUT2D eigenvalue weighted by molar-refractivity contribution is 0.477. The second kappa shape index (κ2) is 3.34. The Hall–Kier alpha value is -1.38. The van der Waals surface area contributed by atoms with Crippen LogP contribution in [0.15, 0.2) is 18.2 Å². The summed E-state index contributed by atoms with van der Waals surface area (Å²) in [6.45, 7) is 0. The summed E-state index contributed by atoms with van der Waals surface area (Å²) in [5.74, 6) is 0.281. The number of phenols is 1. The first-order valence-corrected chi connectivity index (χ1v) is 3.84. The molecule has 0 bridgehead atoms. The van der Waals surface area contributed by atoms with Gasteiger partial charge in [-0.05, 0) is 12.1 Å². The van der Waals surface area contributed by atoms with Crippen molar-refractivity contribution in [3.05, 3.63) is 18.2 Å². The smallest absolute Gasteiger partial charge is 0.140 e. The fourth-order valence-electron chi connectivity index (χ4n) is 1.16. The lowest BCUT2D eigenvalue weighted by Crippen LogP contribution is -2.10. The number of anilines is 2. The van der Waals surface area contributed by atoms with Gasteiger partial charge < -0.3 is 15.3 Å². The van der Waals surface area contributed by atoms with Crippen LogP contribution in [0.5, 0.6) is 5.75 Å². The molecule has 12 heavy (non-hydrogen) atoms. The minimum absolute atomic E-state index is 0.281.